The van der Waals surface area contributed by atoms with E-state index in [0.717, 1.165) is 37.5 Å². The lowest BCUT2D eigenvalue weighted by Crippen LogP contribution is -2.25. The summed E-state index contributed by atoms with van der Waals surface area (Å²) in [5, 5.41) is 2.81. The lowest BCUT2D eigenvalue weighted by molar-refractivity contribution is 0.0951. The van der Waals surface area contributed by atoms with Gasteiger partial charge in [0.15, 0.2) is 0 Å². The molecule has 2 aromatic rings. The van der Waals surface area contributed by atoms with Gasteiger partial charge in [0.1, 0.15) is 5.82 Å². The zero-order chi connectivity index (χ0) is 21.6. The van der Waals surface area contributed by atoms with Crippen LogP contribution in [0.25, 0.3) is 0 Å². The minimum Gasteiger partial charge on any atom is -0.348 e. The van der Waals surface area contributed by atoms with Crippen molar-refractivity contribution < 1.29 is 17.6 Å². The van der Waals surface area contributed by atoms with E-state index in [1.54, 1.807) is 0 Å². The first-order valence-corrected chi connectivity index (χ1v) is 12.0. The van der Waals surface area contributed by atoms with Crippen LogP contribution in [0.2, 0.25) is 0 Å². The quantitative estimate of drug-likeness (QED) is 0.701. The van der Waals surface area contributed by atoms with Crippen molar-refractivity contribution in [2.24, 2.45) is 0 Å². The highest BCUT2D eigenvalue weighted by Crippen LogP contribution is 2.18. The molecule has 3 rings (SSSR count). The number of halogens is 1. The van der Waals surface area contributed by atoms with E-state index in [1.807, 2.05) is 12.1 Å². The van der Waals surface area contributed by atoms with Gasteiger partial charge >= 0.3 is 0 Å². The molecule has 1 saturated heterocycles. The second kappa shape index (κ2) is 10.0. The molecule has 1 aliphatic rings. The number of likely N-dealkylation sites (tertiary alicyclic amines) is 1. The molecule has 2 aromatic carbocycles. The van der Waals surface area contributed by atoms with Crippen LogP contribution in [0.5, 0.6) is 0 Å². The second-order valence-electron chi connectivity index (χ2n) is 7.76. The van der Waals surface area contributed by atoms with Crippen molar-refractivity contribution in [1.82, 2.24) is 10.2 Å². The zero-order valence-corrected chi connectivity index (χ0v) is 18.0. The first-order chi connectivity index (χ1) is 14.3. The molecule has 1 aliphatic heterocycles. The van der Waals surface area contributed by atoms with E-state index in [1.165, 1.54) is 43.4 Å². The van der Waals surface area contributed by atoms with Crippen molar-refractivity contribution in [3.8, 4) is 0 Å². The molecule has 2 N–H and O–H groups in total. The molecule has 6 nitrogen and oxygen atoms in total. The first kappa shape index (κ1) is 22.2. The highest BCUT2D eigenvalue weighted by Gasteiger charge is 2.13. The molecular weight excluding hydrogens is 405 g/mol. The van der Waals surface area contributed by atoms with Crippen LogP contribution in [0, 0.1) is 5.82 Å². The Hall–Kier alpha value is -2.45. The van der Waals surface area contributed by atoms with E-state index in [9.17, 15) is 17.6 Å². The lowest BCUT2D eigenvalue weighted by Gasteiger charge is -2.20. The summed E-state index contributed by atoms with van der Waals surface area (Å²) in [6.07, 6.45) is 6.01. The van der Waals surface area contributed by atoms with Crippen molar-refractivity contribution in [3.05, 3.63) is 65.0 Å². The Kier molecular flexibility index (Phi) is 7.44. The molecule has 0 radical (unpaired) electrons. The summed E-state index contributed by atoms with van der Waals surface area (Å²) >= 11 is 0. The molecule has 1 fully saturated rings. The number of nitrogens with one attached hydrogen (secondary N) is 2. The molecule has 30 heavy (non-hydrogen) atoms. The van der Waals surface area contributed by atoms with Gasteiger partial charge in [0.05, 0.1) is 11.9 Å². The van der Waals surface area contributed by atoms with Gasteiger partial charge in [-0.1, -0.05) is 37.1 Å². The van der Waals surface area contributed by atoms with Gasteiger partial charge in [-0.3, -0.25) is 14.4 Å². The normalized spacial score (nSPS) is 15.4. The number of benzene rings is 2. The summed E-state index contributed by atoms with van der Waals surface area (Å²) in [6, 6.07) is 11.7. The van der Waals surface area contributed by atoms with E-state index in [2.05, 4.69) is 27.1 Å². The highest BCUT2D eigenvalue weighted by atomic mass is 32.2. The fourth-order valence-electron chi connectivity index (χ4n) is 3.62. The zero-order valence-electron chi connectivity index (χ0n) is 17.2. The molecule has 0 bridgehead atoms. The van der Waals surface area contributed by atoms with E-state index in [4.69, 9.17) is 0 Å². The number of amides is 1. The molecule has 0 aromatic heterocycles. The molecule has 1 amide bonds. The molecule has 0 atom stereocenters. The molecule has 0 aliphatic carbocycles. The number of carbonyl (C=O) groups is 1. The summed E-state index contributed by atoms with van der Waals surface area (Å²) < 4.78 is 38.6. The van der Waals surface area contributed by atoms with Crippen molar-refractivity contribution in [3.63, 3.8) is 0 Å². The van der Waals surface area contributed by atoms with Crippen LogP contribution in [0.15, 0.2) is 42.5 Å². The molecule has 0 unspecified atom stereocenters. The summed E-state index contributed by atoms with van der Waals surface area (Å²) in [7, 11) is -3.64. The minimum atomic E-state index is -3.64. The van der Waals surface area contributed by atoms with Gasteiger partial charge < -0.3 is 5.32 Å². The predicted molar refractivity (Wildman–Crippen MR) is 116 cm³/mol. The van der Waals surface area contributed by atoms with Gasteiger partial charge in [-0.2, -0.15) is 0 Å². The maximum Gasteiger partial charge on any atom is 0.251 e. The molecule has 8 heteroatoms. The van der Waals surface area contributed by atoms with Crippen LogP contribution in [0.4, 0.5) is 10.1 Å². The molecule has 162 valence electrons. The van der Waals surface area contributed by atoms with Crippen LogP contribution in [-0.2, 0) is 23.1 Å². The second-order valence-corrected chi connectivity index (χ2v) is 9.51. The number of nitrogens with zero attached hydrogens (tertiary/aromatic N) is 1. The van der Waals surface area contributed by atoms with E-state index in [-0.39, 0.29) is 11.3 Å². The topological polar surface area (TPSA) is 78.5 Å². The number of anilines is 1. The smallest absolute Gasteiger partial charge is 0.251 e. The van der Waals surface area contributed by atoms with Gasteiger partial charge in [0.25, 0.3) is 5.91 Å². The van der Waals surface area contributed by atoms with Crippen molar-refractivity contribution >= 4 is 21.6 Å². The number of hydrogen-bond donors (Lipinski definition) is 2. The Labute approximate surface area is 177 Å². The maximum absolute atomic E-state index is 13.8. The summed E-state index contributed by atoms with van der Waals surface area (Å²) in [6.45, 7) is 3.48. The summed E-state index contributed by atoms with van der Waals surface area (Å²) in [5.41, 5.74) is 2.13. The SMILES string of the molecule is CS(=O)(=O)Nc1cc(C(=O)NCc2cccc(CN3CCCCCC3)c2)ccc1F. The van der Waals surface area contributed by atoms with Gasteiger partial charge in [-0.25, -0.2) is 12.8 Å². The van der Waals surface area contributed by atoms with Crippen molar-refractivity contribution in [1.29, 1.82) is 0 Å². The number of rotatable bonds is 7. The first-order valence-electron chi connectivity index (χ1n) is 10.2. The van der Waals surface area contributed by atoms with Gasteiger partial charge in [0.2, 0.25) is 10.0 Å². The summed E-state index contributed by atoms with van der Waals surface area (Å²) in [5.74, 6) is -1.14. The molecule has 1 heterocycles. The van der Waals surface area contributed by atoms with E-state index >= 15 is 0 Å². The Morgan fingerprint density at radius 1 is 1.03 bits per heavy atom. The third kappa shape index (κ3) is 6.81. The van der Waals surface area contributed by atoms with Crippen LogP contribution in [0.1, 0.15) is 47.2 Å². The highest BCUT2D eigenvalue weighted by molar-refractivity contribution is 7.92. The lowest BCUT2D eigenvalue weighted by atomic mass is 10.1. The summed E-state index contributed by atoms with van der Waals surface area (Å²) in [4.78, 5) is 14.9. The van der Waals surface area contributed by atoms with E-state index in [0.29, 0.717) is 6.54 Å². The third-order valence-corrected chi connectivity index (χ3v) is 5.66. The van der Waals surface area contributed by atoms with Crippen molar-refractivity contribution in [2.75, 3.05) is 24.1 Å². The van der Waals surface area contributed by atoms with Gasteiger partial charge in [0, 0.05) is 18.7 Å². The van der Waals surface area contributed by atoms with E-state index < -0.39 is 21.7 Å². The minimum absolute atomic E-state index is 0.184. The van der Waals surface area contributed by atoms with Crippen LogP contribution < -0.4 is 10.0 Å². The van der Waals surface area contributed by atoms with Crippen molar-refractivity contribution in [2.45, 2.75) is 38.8 Å². The number of hydrogen-bond acceptors (Lipinski definition) is 4. The third-order valence-electron chi connectivity index (χ3n) is 5.07. The van der Waals surface area contributed by atoms with Crippen LogP contribution in [-0.4, -0.2) is 38.6 Å². The van der Waals surface area contributed by atoms with Gasteiger partial charge in [-0.05, 0) is 55.3 Å². The van der Waals surface area contributed by atoms with Crippen LogP contribution in [0.3, 0.4) is 0 Å². The monoisotopic (exact) mass is 433 g/mol. The fraction of sp³-hybridized carbons (Fsp3) is 0.409. The average molecular weight is 434 g/mol. The Balaban J connectivity index is 1.61. The Bertz CT molecular complexity index is 987. The van der Waals surface area contributed by atoms with Gasteiger partial charge in [-0.15, -0.1) is 0 Å². The predicted octanol–water partition coefficient (Wildman–Crippen LogP) is 3.50. The Morgan fingerprint density at radius 3 is 2.43 bits per heavy atom. The fourth-order valence-corrected chi connectivity index (χ4v) is 4.18. The maximum atomic E-state index is 13.8. The van der Waals surface area contributed by atoms with Crippen LogP contribution >= 0.6 is 0 Å². The molecule has 0 spiro atoms. The largest absolute Gasteiger partial charge is 0.348 e. The number of carbonyl (C=O) groups excluding carboxylic acids is 1. The molecule has 0 saturated carbocycles. The Morgan fingerprint density at radius 2 is 1.73 bits per heavy atom. The average Bonchev–Trinajstić information content (AvgIpc) is 2.96. The standard InChI is InChI=1S/C22H28FN3O3S/c1-30(28,29)25-21-14-19(9-10-20(21)23)22(27)24-15-17-7-6-8-18(13-17)16-26-11-4-2-3-5-12-26/h6-10,13-14,25H,2-5,11-12,15-16H2,1H3,(H,24,27). The molecular formula is C22H28FN3O3S. The number of sulfonamides is 1.